The lowest BCUT2D eigenvalue weighted by Crippen LogP contribution is -2.51. The van der Waals surface area contributed by atoms with Crippen LogP contribution in [0.15, 0.2) is 0 Å². The molecule has 12 heavy (non-hydrogen) atoms. The summed E-state index contributed by atoms with van der Waals surface area (Å²) in [4.78, 5) is 0. The van der Waals surface area contributed by atoms with Gasteiger partial charge in [-0.3, -0.25) is 10.4 Å². The monoisotopic (exact) mass is 171 g/mol. The number of nitrogens with one attached hydrogen (secondary N) is 1. The van der Waals surface area contributed by atoms with Gasteiger partial charge < -0.3 is 11.5 Å². The van der Waals surface area contributed by atoms with Crippen LogP contribution in [0.2, 0.25) is 0 Å². The number of hydrogen-bond acceptors (Lipinski definition) is 3. The molecule has 0 bridgehead atoms. The number of nitrogens with two attached hydrogens (primary N) is 3. The molecule has 1 aliphatic rings. The van der Waals surface area contributed by atoms with Gasteiger partial charge in [0, 0.05) is 12.1 Å². The maximum atomic E-state index is 7.13. The van der Waals surface area contributed by atoms with Crippen LogP contribution in [0, 0.1) is 5.41 Å². The Balaban J connectivity index is 2.39. The van der Waals surface area contributed by atoms with Gasteiger partial charge in [-0.05, 0) is 25.7 Å². The fraction of sp³-hybridized carbons (Fsp3) is 0.857. The molecule has 0 aromatic carbocycles. The molecule has 0 aromatic heterocycles. The predicted octanol–water partition coefficient (Wildman–Crippen LogP) is -0.675. The third-order valence-electron chi connectivity index (χ3n) is 2.41. The highest BCUT2D eigenvalue weighted by Crippen LogP contribution is 2.19. The van der Waals surface area contributed by atoms with E-state index in [4.69, 9.17) is 22.7 Å². The lowest BCUT2D eigenvalue weighted by molar-refractivity contribution is 0.232. The standard InChI is InChI=1S/C7H17N5/c8-5-1-3-6(4-2-5)12(11)7(9)10/h5-6H,1-4,8,11H2,(H3,9,10). The van der Waals surface area contributed by atoms with Gasteiger partial charge in [0.05, 0.1) is 0 Å². The summed E-state index contributed by atoms with van der Waals surface area (Å²) >= 11 is 0. The number of guanidine groups is 1. The molecule has 0 atom stereocenters. The summed E-state index contributed by atoms with van der Waals surface area (Å²) in [5, 5.41) is 8.47. The van der Waals surface area contributed by atoms with Crippen molar-refractivity contribution in [2.75, 3.05) is 0 Å². The van der Waals surface area contributed by atoms with Crippen LogP contribution in [0.5, 0.6) is 0 Å². The average Bonchev–Trinajstić information content (AvgIpc) is 2.04. The van der Waals surface area contributed by atoms with Crippen LogP contribution < -0.4 is 17.3 Å². The van der Waals surface area contributed by atoms with Crippen LogP contribution in [-0.4, -0.2) is 23.1 Å². The van der Waals surface area contributed by atoms with Crippen molar-refractivity contribution >= 4 is 5.96 Å². The van der Waals surface area contributed by atoms with E-state index in [9.17, 15) is 0 Å². The molecule has 1 rings (SSSR count). The Hall–Kier alpha value is -0.810. The van der Waals surface area contributed by atoms with Gasteiger partial charge in [0.15, 0.2) is 0 Å². The number of nitrogens with zero attached hydrogens (tertiary/aromatic N) is 1. The summed E-state index contributed by atoms with van der Waals surface area (Å²) in [6, 6.07) is 0.518. The lowest BCUT2D eigenvalue weighted by atomic mass is 9.91. The van der Waals surface area contributed by atoms with Crippen molar-refractivity contribution in [2.24, 2.45) is 17.3 Å². The Bertz CT molecular complexity index is 161. The van der Waals surface area contributed by atoms with Gasteiger partial charge in [0.1, 0.15) is 0 Å². The second-order valence-electron chi connectivity index (χ2n) is 3.36. The van der Waals surface area contributed by atoms with Crippen LogP contribution in [-0.2, 0) is 0 Å². The first-order valence-corrected chi connectivity index (χ1v) is 4.25. The highest BCUT2D eigenvalue weighted by Gasteiger charge is 2.22. The first-order chi connectivity index (χ1) is 5.61. The third-order valence-corrected chi connectivity index (χ3v) is 2.41. The van der Waals surface area contributed by atoms with Crippen molar-refractivity contribution in [1.82, 2.24) is 5.01 Å². The van der Waals surface area contributed by atoms with Crippen LogP contribution in [0.3, 0.4) is 0 Å². The molecule has 5 heteroatoms. The van der Waals surface area contributed by atoms with E-state index in [2.05, 4.69) is 0 Å². The molecule has 0 heterocycles. The second-order valence-corrected chi connectivity index (χ2v) is 3.36. The highest BCUT2D eigenvalue weighted by molar-refractivity contribution is 5.74. The fourth-order valence-electron chi connectivity index (χ4n) is 1.58. The maximum absolute atomic E-state index is 7.13. The zero-order valence-corrected chi connectivity index (χ0v) is 7.16. The quantitative estimate of drug-likeness (QED) is 0.182. The van der Waals surface area contributed by atoms with Gasteiger partial charge in [-0.1, -0.05) is 0 Å². The number of hydrazine groups is 1. The SMILES string of the molecule is N=C(N)N(N)C1CCC(N)CC1. The van der Waals surface area contributed by atoms with Crippen LogP contribution in [0.4, 0.5) is 0 Å². The second kappa shape index (κ2) is 3.73. The van der Waals surface area contributed by atoms with E-state index in [0.717, 1.165) is 25.7 Å². The molecular weight excluding hydrogens is 154 g/mol. The summed E-state index contributed by atoms with van der Waals surface area (Å²) < 4.78 is 0. The molecule has 0 radical (unpaired) electrons. The molecule has 5 nitrogen and oxygen atoms in total. The van der Waals surface area contributed by atoms with Crippen molar-refractivity contribution in [2.45, 2.75) is 37.8 Å². The van der Waals surface area contributed by atoms with Crippen LogP contribution in [0.25, 0.3) is 0 Å². The van der Waals surface area contributed by atoms with E-state index in [0.29, 0.717) is 6.04 Å². The van der Waals surface area contributed by atoms with Crippen molar-refractivity contribution in [3.05, 3.63) is 0 Å². The highest BCUT2D eigenvalue weighted by atomic mass is 15.5. The van der Waals surface area contributed by atoms with Gasteiger partial charge >= 0.3 is 0 Å². The van der Waals surface area contributed by atoms with Gasteiger partial charge in [0.2, 0.25) is 5.96 Å². The van der Waals surface area contributed by atoms with Crippen molar-refractivity contribution in [3.8, 4) is 0 Å². The molecule has 0 unspecified atom stereocenters. The van der Waals surface area contributed by atoms with Crippen LogP contribution >= 0.6 is 0 Å². The Kier molecular flexibility index (Phi) is 2.88. The Morgan fingerprint density at radius 1 is 1.25 bits per heavy atom. The molecule has 0 aliphatic heterocycles. The fourth-order valence-corrected chi connectivity index (χ4v) is 1.58. The van der Waals surface area contributed by atoms with Crippen molar-refractivity contribution in [1.29, 1.82) is 5.41 Å². The predicted molar refractivity (Wildman–Crippen MR) is 48.2 cm³/mol. The molecule has 1 saturated carbocycles. The summed E-state index contributed by atoms with van der Waals surface area (Å²) in [6.07, 6.45) is 3.84. The molecule has 1 fully saturated rings. The van der Waals surface area contributed by atoms with Gasteiger partial charge in [-0.25, -0.2) is 5.84 Å². The van der Waals surface area contributed by atoms with E-state index in [-0.39, 0.29) is 12.0 Å². The molecule has 0 spiro atoms. The van der Waals surface area contributed by atoms with E-state index in [1.165, 1.54) is 5.01 Å². The molecule has 0 aromatic rings. The summed E-state index contributed by atoms with van der Waals surface area (Å²) in [5.74, 6) is 5.52. The smallest absolute Gasteiger partial charge is 0.203 e. The van der Waals surface area contributed by atoms with Crippen molar-refractivity contribution in [3.63, 3.8) is 0 Å². The zero-order chi connectivity index (χ0) is 9.14. The molecule has 0 amide bonds. The topological polar surface area (TPSA) is 105 Å². The molecule has 1 aliphatic carbocycles. The van der Waals surface area contributed by atoms with E-state index in [1.807, 2.05) is 0 Å². The van der Waals surface area contributed by atoms with Gasteiger partial charge in [0.25, 0.3) is 0 Å². The number of rotatable bonds is 1. The summed E-state index contributed by atoms with van der Waals surface area (Å²) in [6.45, 7) is 0. The van der Waals surface area contributed by atoms with Crippen LogP contribution in [0.1, 0.15) is 25.7 Å². The average molecular weight is 171 g/mol. The molecule has 0 saturated heterocycles. The minimum Gasteiger partial charge on any atom is -0.369 e. The third kappa shape index (κ3) is 2.09. The molecule has 70 valence electrons. The van der Waals surface area contributed by atoms with Gasteiger partial charge in [-0.15, -0.1) is 0 Å². The van der Waals surface area contributed by atoms with E-state index in [1.54, 1.807) is 0 Å². The minimum atomic E-state index is -0.0597. The first kappa shape index (κ1) is 9.28. The van der Waals surface area contributed by atoms with Crippen molar-refractivity contribution < 1.29 is 0 Å². The normalized spacial score (nSPS) is 29.8. The molecule has 7 N–H and O–H groups in total. The van der Waals surface area contributed by atoms with E-state index < -0.39 is 0 Å². The Morgan fingerprint density at radius 3 is 2.17 bits per heavy atom. The Labute approximate surface area is 72.4 Å². The van der Waals surface area contributed by atoms with E-state index >= 15 is 0 Å². The molecular formula is C7H17N5. The summed E-state index contributed by atoms with van der Waals surface area (Å²) in [7, 11) is 0. The Morgan fingerprint density at radius 2 is 1.75 bits per heavy atom. The number of hydrogen-bond donors (Lipinski definition) is 4. The maximum Gasteiger partial charge on any atom is 0.203 e. The lowest BCUT2D eigenvalue weighted by Gasteiger charge is -2.32. The minimum absolute atomic E-state index is 0.0597. The summed E-state index contributed by atoms with van der Waals surface area (Å²) in [5.41, 5.74) is 11.0. The largest absolute Gasteiger partial charge is 0.369 e. The first-order valence-electron chi connectivity index (χ1n) is 4.25. The van der Waals surface area contributed by atoms with Gasteiger partial charge in [-0.2, -0.15) is 0 Å². The zero-order valence-electron chi connectivity index (χ0n) is 7.16.